The molecule has 0 fully saturated rings. The fourth-order valence-electron chi connectivity index (χ4n) is 1.22. The monoisotopic (exact) mass is 286 g/mol. The maximum absolute atomic E-state index is 13.0. The number of carbonyl (C=O) groups excluding carboxylic acids is 1. The molecule has 1 rings (SSSR count). The van der Waals surface area contributed by atoms with Crippen molar-refractivity contribution in [3.05, 3.63) is 35.4 Å². The van der Waals surface area contributed by atoms with E-state index in [1.165, 1.54) is 6.07 Å². The Morgan fingerprint density at radius 3 is 2.26 bits per heavy atom. The van der Waals surface area contributed by atoms with Gasteiger partial charge in [0.25, 0.3) is 0 Å². The molecule has 0 aliphatic heterocycles. The lowest BCUT2D eigenvalue weighted by molar-refractivity contribution is 0.0910. The van der Waals surface area contributed by atoms with Crippen molar-refractivity contribution in [3.63, 3.8) is 0 Å². The number of hydrogen-bond acceptors (Lipinski definition) is 2. The smallest absolute Gasteiger partial charge is 0.192 e. The SMILES string of the molecule is CC(C)(C)[Si](C)(C)OCC(=O)c1ccc(F)c(F)c1. The molecule has 0 saturated heterocycles. The lowest BCUT2D eigenvalue weighted by Crippen LogP contribution is -2.42. The molecule has 0 aliphatic rings. The molecule has 0 bridgehead atoms. The Hall–Kier alpha value is -1.07. The summed E-state index contributed by atoms with van der Waals surface area (Å²) < 4.78 is 31.6. The molecule has 0 saturated carbocycles. The van der Waals surface area contributed by atoms with Crippen LogP contribution in [0.2, 0.25) is 18.1 Å². The van der Waals surface area contributed by atoms with Gasteiger partial charge in [-0.15, -0.1) is 0 Å². The second kappa shape index (κ2) is 5.51. The van der Waals surface area contributed by atoms with E-state index in [2.05, 4.69) is 20.8 Å². The predicted octanol–water partition coefficient (Wildman–Crippen LogP) is 4.17. The molecule has 0 amide bonds. The van der Waals surface area contributed by atoms with Crippen LogP contribution in [0.1, 0.15) is 31.1 Å². The van der Waals surface area contributed by atoms with Crippen LogP contribution in [0.4, 0.5) is 8.78 Å². The average molecular weight is 286 g/mol. The Balaban J connectivity index is 2.73. The van der Waals surface area contributed by atoms with Gasteiger partial charge in [0.1, 0.15) is 0 Å². The molecular weight excluding hydrogens is 266 g/mol. The molecule has 5 heteroatoms. The molecule has 1 aromatic carbocycles. The van der Waals surface area contributed by atoms with Gasteiger partial charge in [0.15, 0.2) is 25.7 Å². The van der Waals surface area contributed by atoms with Gasteiger partial charge < -0.3 is 4.43 Å². The fraction of sp³-hybridized carbons (Fsp3) is 0.500. The van der Waals surface area contributed by atoms with Gasteiger partial charge in [-0.3, -0.25) is 4.79 Å². The number of benzene rings is 1. The highest BCUT2D eigenvalue weighted by atomic mass is 28.4. The third-order valence-corrected chi connectivity index (χ3v) is 8.09. The molecule has 0 aliphatic carbocycles. The molecule has 0 atom stereocenters. The van der Waals surface area contributed by atoms with Gasteiger partial charge >= 0.3 is 0 Å². The lowest BCUT2D eigenvalue weighted by Gasteiger charge is -2.35. The minimum Gasteiger partial charge on any atom is -0.409 e. The lowest BCUT2D eigenvalue weighted by atomic mass is 10.1. The summed E-state index contributed by atoms with van der Waals surface area (Å²) in [5.41, 5.74) is 0.137. The van der Waals surface area contributed by atoms with Gasteiger partial charge in [-0.2, -0.15) is 0 Å². The highest BCUT2D eigenvalue weighted by molar-refractivity contribution is 6.74. The van der Waals surface area contributed by atoms with Gasteiger partial charge in [-0.1, -0.05) is 20.8 Å². The summed E-state index contributed by atoms with van der Waals surface area (Å²) in [7, 11) is -2.01. The van der Waals surface area contributed by atoms with Crippen molar-refractivity contribution in [1.29, 1.82) is 0 Å². The van der Waals surface area contributed by atoms with E-state index in [0.717, 1.165) is 12.1 Å². The number of hydrogen-bond donors (Lipinski definition) is 0. The highest BCUT2D eigenvalue weighted by Gasteiger charge is 2.37. The Kier molecular flexibility index (Phi) is 4.63. The van der Waals surface area contributed by atoms with Crippen molar-refractivity contribution < 1.29 is 18.0 Å². The average Bonchev–Trinajstić information content (AvgIpc) is 2.28. The normalized spacial score (nSPS) is 12.6. The molecule has 0 heterocycles. The molecule has 2 nitrogen and oxygen atoms in total. The van der Waals surface area contributed by atoms with Crippen LogP contribution >= 0.6 is 0 Å². The second-order valence-electron chi connectivity index (χ2n) is 6.10. The Morgan fingerprint density at radius 1 is 1.21 bits per heavy atom. The first-order chi connectivity index (χ1) is 8.54. The van der Waals surface area contributed by atoms with Crippen LogP contribution in [0.3, 0.4) is 0 Å². The van der Waals surface area contributed by atoms with E-state index in [-0.39, 0.29) is 23.0 Å². The minimum absolute atomic E-state index is 0.00132. The van der Waals surface area contributed by atoms with Crippen LogP contribution in [-0.4, -0.2) is 20.7 Å². The minimum atomic E-state index is -2.01. The van der Waals surface area contributed by atoms with Crippen molar-refractivity contribution in [2.75, 3.05) is 6.61 Å². The molecule has 0 unspecified atom stereocenters. The van der Waals surface area contributed by atoms with Gasteiger partial charge in [0.05, 0.1) is 6.61 Å². The van der Waals surface area contributed by atoms with Crippen LogP contribution in [0.25, 0.3) is 0 Å². The summed E-state index contributed by atoms with van der Waals surface area (Å²) in [6.07, 6.45) is 0. The molecule has 0 radical (unpaired) electrons. The zero-order valence-corrected chi connectivity index (χ0v) is 13.0. The van der Waals surface area contributed by atoms with Crippen LogP contribution in [-0.2, 0) is 4.43 Å². The summed E-state index contributed by atoms with van der Waals surface area (Å²) in [4.78, 5) is 11.9. The Morgan fingerprint density at radius 2 is 1.79 bits per heavy atom. The second-order valence-corrected chi connectivity index (χ2v) is 10.9. The summed E-state index contributed by atoms with van der Waals surface area (Å²) in [6.45, 7) is 10.2. The van der Waals surface area contributed by atoms with Crippen molar-refractivity contribution in [2.24, 2.45) is 0 Å². The highest BCUT2D eigenvalue weighted by Crippen LogP contribution is 2.36. The summed E-state index contributed by atoms with van der Waals surface area (Å²) >= 11 is 0. The summed E-state index contributed by atoms with van der Waals surface area (Å²) in [5.74, 6) is -2.30. The number of halogens is 2. The van der Waals surface area contributed by atoms with Gasteiger partial charge in [0, 0.05) is 5.56 Å². The van der Waals surface area contributed by atoms with Crippen molar-refractivity contribution in [1.82, 2.24) is 0 Å². The molecule has 0 aromatic heterocycles. The van der Waals surface area contributed by atoms with Crippen molar-refractivity contribution >= 4 is 14.1 Å². The maximum atomic E-state index is 13.0. The zero-order chi connectivity index (χ0) is 14.8. The molecular formula is C14H20F2O2Si. The first-order valence-electron chi connectivity index (χ1n) is 6.17. The molecule has 19 heavy (non-hydrogen) atoms. The summed E-state index contributed by atoms with van der Waals surface area (Å²) in [6, 6.07) is 3.14. The van der Waals surface area contributed by atoms with E-state index in [1.807, 2.05) is 13.1 Å². The number of rotatable bonds is 4. The largest absolute Gasteiger partial charge is 0.409 e. The van der Waals surface area contributed by atoms with Crippen LogP contribution in [0, 0.1) is 11.6 Å². The predicted molar refractivity (Wildman–Crippen MR) is 73.8 cm³/mol. The molecule has 1 aromatic rings. The number of carbonyl (C=O) groups is 1. The van der Waals surface area contributed by atoms with E-state index >= 15 is 0 Å². The van der Waals surface area contributed by atoms with Crippen molar-refractivity contribution in [3.8, 4) is 0 Å². The van der Waals surface area contributed by atoms with Gasteiger partial charge in [0.2, 0.25) is 0 Å². The van der Waals surface area contributed by atoms with E-state index in [9.17, 15) is 13.6 Å². The third-order valence-electron chi connectivity index (χ3n) is 3.61. The topological polar surface area (TPSA) is 26.3 Å². The quantitative estimate of drug-likeness (QED) is 0.613. The Labute approximate surface area is 113 Å². The summed E-state index contributed by atoms with van der Waals surface area (Å²) in [5, 5.41) is 0.00132. The number of ketones is 1. The Bertz CT molecular complexity index is 479. The molecule has 106 valence electrons. The number of Topliss-reactive ketones (excluding diaryl/α,β-unsaturated/α-hetero) is 1. The van der Waals surface area contributed by atoms with Crippen LogP contribution in [0.15, 0.2) is 18.2 Å². The van der Waals surface area contributed by atoms with Crippen molar-refractivity contribution in [2.45, 2.75) is 38.9 Å². The van der Waals surface area contributed by atoms with Crippen LogP contribution < -0.4 is 0 Å². The first-order valence-corrected chi connectivity index (χ1v) is 9.07. The molecule has 0 spiro atoms. The fourth-order valence-corrected chi connectivity index (χ4v) is 2.14. The standard InChI is InChI=1S/C14H20F2O2Si/c1-14(2,3)19(4,5)18-9-13(17)10-6-7-11(15)12(16)8-10/h6-8H,9H2,1-5H3. The maximum Gasteiger partial charge on any atom is 0.192 e. The van der Waals surface area contributed by atoms with Crippen LogP contribution in [0.5, 0.6) is 0 Å². The van der Waals surface area contributed by atoms with Gasteiger partial charge in [-0.05, 0) is 36.3 Å². The van der Waals surface area contributed by atoms with Gasteiger partial charge in [-0.25, -0.2) is 8.78 Å². The first kappa shape index (κ1) is 16.0. The van der Waals surface area contributed by atoms with E-state index in [1.54, 1.807) is 0 Å². The molecule has 0 N–H and O–H groups in total. The zero-order valence-electron chi connectivity index (χ0n) is 12.0. The van der Waals surface area contributed by atoms with E-state index < -0.39 is 20.0 Å². The van der Waals surface area contributed by atoms with E-state index in [4.69, 9.17) is 4.43 Å². The third kappa shape index (κ3) is 3.94. The van der Waals surface area contributed by atoms with E-state index in [0.29, 0.717) is 0 Å².